The molecule has 0 spiro atoms. The van der Waals surface area contributed by atoms with E-state index in [1.54, 1.807) is 25.1 Å². The number of aliphatic hydroxyl groups excluding tert-OH is 1. The van der Waals surface area contributed by atoms with Gasteiger partial charge in [-0.1, -0.05) is 0 Å². The highest BCUT2D eigenvalue weighted by Gasteiger charge is 2.27. The third-order valence-electron chi connectivity index (χ3n) is 5.69. The Labute approximate surface area is 185 Å². The molecule has 32 heavy (non-hydrogen) atoms. The summed E-state index contributed by atoms with van der Waals surface area (Å²) in [6.45, 7) is 0.961. The van der Waals surface area contributed by atoms with Gasteiger partial charge in [0.15, 0.2) is 11.6 Å². The van der Waals surface area contributed by atoms with E-state index in [9.17, 15) is 5.11 Å². The van der Waals surface area contributed by atoms with Gasteiger partial charge in [0.05, 0.1) is 38.8 Å². The van der Waals surface area contributed by atoms with E-state index in [1.165, 1.54) is 0 Å². The van der Waals surface area contributed by atoms with E-state index in [2.05, 4.69) is 20.3 Å². The maximum atomic E-state index is 9.77. The molecule has 0 aliphatic carbocycles. The highest BCUT2D eigenvalue weighted by Crippen LogP contribution is 2.29. The van der Waals surface area contributed by atoms with Crippen LogP contribution in [0.3, 0.4) is 0 Å². The summed E-state index contributed by atoms with van der Waals surface area (Å²) in [6, 6.07) is 9.61. The number of hydrogen-bond acceptors (Lipinski definition) is 8. The fourth-order valence-corrected chi connectivity index (χ4v) is 4.07. The molecule has 2 N–H and O–H groups in total. The van der Waals surface area contributed by atoms with Crippen molar-refractivity contribution < 1.29 is 14.6 Å². The minimum atomic E-state index is 0.0682. The summed E-state index contributed by atoms with van der Waals surface area (Å²) >= 11 is 0. The van der Waals surface area contributed by atoms with Gasteiger partial charge in [-0.3, -0.25) is 0 Å². The summed E-state index contributed by atoms with van der Waals surface area (Å²) in [5.74, 6) is 3.22. The van der Waals surface area contributed by atoms with Crippen LogP contribution in [-0.2, 0) is 0 Å². The van der Waals surface area contributed by atoms with Gasteiger partial charge in [-0.15, -0.1) is 5.10 Å². The van der Waals surface area contributed by atoms with E-state index >= 15 is 0 Å². The predicted molar refractivity (Wildman–Crippen MR) is 120 cm³/mol. The molecule has 1 aliphatic rings. The molecule has 1 aliphatic heterocycles. The number of nitrogens with one attached hydrogen (secondary N) is 1. The van der Waals surface area contributed by atoms with Crippen LogP contribution in [0.2, 0.25) is 0 Å². The zero-order valence-corrected chi connectivity index (χ0v) is 18.0. The summed E-state index contributed by atoms with van der Waals surface area (Å²) in [5.41, 5.74) is 1.76. The van der Waals surface area contributed by atoms with Crippen molar-refractivity contribution in [2.24, 2.45) is 0 Å². The number of methoxy groups -OCH3 is 2. The van der Waals surface area contributed by atoms with E-state index < -0.39 is 0 Å². The topological polar surface area (TPSA) is 102 Å². The number of benzene rings is 1. The average molecular weight is 435 g/mol. The predicted octanol–water partition coefficient (Wildman–Crippen LogP) is 2.64. The van der Waals surface area contributed by atoms with Crippen molar-refractivity contribution >= 4 is 23.1 Å². The lowest BCUT2D eigenvalue weighted by atomic mass is 10.2. The molecule has 5 rings (SSSR count). The molecule has 0 saturated carbocycles. The van der Waals surface area contributed by atoms with Crippen molar-refractivity contribution in [2.75, 3.05) is 37.6 Å². The van der Waals surface area contributed by atoms with Crippen molar-refractivity contribution in [3.63, 3.8) is 0 Å². The molecule has 1 saturated heterocycles. The van der Waals surface area contributed by atoms with Crippen LogP contribution in [0, 0.1) is 0 Å². The summed E-state index contributed by atoms with van der Waals surface area (Å²) < 4.78 is 14.4. The second-order valence-electron chi connectivity index (χ2n) is 7.63. The molecule has 1 fully saturated rings. The third kappa shape index (κ3) is 3.69. The number of nitrogens with zero attached hydrogens (tertiary/aromatic N) is 6. The van der Waals surface area contributed by atoms with Crippen molar-refractivity contribution in [1.82, 2.24) is 24.1 Å². The first-order valence-corrected chi connectivity index (χ1v) is 10.5. The van der Waals surface area contributed by atoms with Crippen LogP contribution < -0.4 is 19.7 Å². The second-order valence-corrected chi connectivity index (χ2v) is 7.63. The van der Waals surface area contributed by atoms with Gasteiger partial charge in [0, 0.05) is 30.9 Å². The first-order chi connectivity index (χ1) is 15.7. The number of hydrogen-bond donors (Lipinski definition) is 2. The summed E-state index contributed by atoms with van der Waals surface area (Å²) in [5, 5.41) is 17.5. The van der Waals surface area contributed by atoms with Crippen molar-refractivity contribution in [3.05, 3.63) is 49.1 Å². The lowest BCUT2D eigenvalue weighted by Crippen LogP contribution is -2.33. The zero-order chi connectivity index (χ0) is 22.1. The smallest absolute Gasteiger partial charge is 0.248 e. The van der Waals surface area contributed by atoms with Crippen LogP contribution in [0.1, 0.15) is 12.8 Å². The van der Waals surface area contributed by atoms with Gasteiger partial charge in [-0.2, -0.15) is 4.98 Å². The van der Waals surface area contributed by atoms with E-state index in [0.717, 1.165) is 36.4 Å². The second kappa shape index (κ2) is 8.39. The molecule has 0 unspecified atom stereocenters. The van der Waals surface area contributed by atoms with Crippen LogP contribution >= 0.6 is 0 Å². The fraction of sp³-hybridized carbons (Fsp3) is 0.318. The number of aromatic nitrogens is 5. The summed E-state index contributed by atoms with van der Waals surface area (Å²) in [4.78, 5) is 11.4. The van der Waals surface area contributed by atoms with Gasteiger partial charge in [0.1, 0.15) is 23.3 Å². The number of ether oxygens (including phenoxy) is 2. The number of fused-ring (bicyclic) bond motifs is 1. The average Bonchev–Trinajstić information content (AvgIpc) is 3.58. The summed E-state index contributed by atoms with van der Waals surface area (Å²) in [7, 11) is 3.24. The number of anilines is 3. The molecule has 3 aromatic heterocycles. The molecule has 10 nitrogen and oxygen atoms in total. The molecule has 10 heteroatoms. The van der Waals surface area contributed by atoms with Gasteiger partial charge in [-0.25, -0.2) is 9.50 Å². The van der Waals surface area contributed by atoms with E-state index in [1.807, 2.05) is 47.3 Å². The standard InChI is InChI=1S/C22H25N7O3/c1-31-17-9-16(10-18(11-17)32-2)27-12-20(23-14-27)24-22-25-21(19-6-4-8-29(19)26-22)28-7-3-5-15(28)13-30/h4,6,8-12,14-15,30H,3,5,7,13H2,1-2H3,(H,24,26)/t15-/m0/s1. The van der Waals surface area contributed by atoms with E-state index in [0.29, 0.717) is 23.3 Å². The molecule has 4 aromatic rings. The molecule has 0 bridgehead atoms. The van der Waals surface area contributed by atoms with E-state index in [4.69, 9.17) is 14.5 Å². The Morgan fingerprint density at radius 1 is 1.19 bits per heavy atom. The maximum Gasteiger partial charge on any atom is 0.248 e. The van der Waals surface area contributed by atoms with Crippen molar-refractivity contribution in [2.45, 2.75) is 18.9 Å². The Balaban J connectivity index is 1.45. The lowest BCUT2D eigenvalue weighted by molar-refractivity contribution is 0.266. The van der Waals surface area contributed by atoms with Gasteiger partial charge in [0.25, 0.3) is 0 Å². The minimum Gasteiger partial charge on any atom is -0.497 e. The van der Waals surface area contributed by atoms with Crippen LogP contribution in [0.5, 0.6) is 11.5 Å². The lowest BCUT2D eigenvalue weighted by Gasteiger charge is -2.25. The van der Waals surface area contributed by atoms with Gasteiger partial charge >= 0.3 is 0 Å². The Morgan fingerprint density at radius 2 is 2.00 bits per heavy atom. The SMILES string of the molecule is COc1cc(OC)cc(-n2cnc(Nc3nc(N4CCC[C@H]4CO)c4cccn4n3)c2)c1. The van der Waals surface area contributed by atoms with Gasteiger partial charge in [0.2, 0.25) is 5.95 Å². The third-order valence-corrected chi connectivity index (χ3v) is 5.69. The van der Waals surface area contributed by atoms with Crippen molar-refractivity contribution in [3.8, 4) is 17.2 Å². The van der Waals surface area contributed by atoms with Crippen LogP contribution in [0.4, 0.5) is 17.6 Å². The fourth-order valence-electron chi connectivity index (χ4n) is 4.07. The van der Waals surface area contributed by atoms with Crippen LogP contribution in [-0.4, -0.2) is 62.7 Å². The van der Waals surface area contributed by atoms with E-state index in [-0.39, 0.29) is 12.6 Å². The molecule has 0 radical (unpaired) electrons. The number of imidazole rings is 1. The Kier molecular flexibility index (Phi) is 5.28. The number of rotatable bonds is 7. The normalized spacial score (nSPS) is 16.0. The summed E-state index contributed by atoms with van der Waals surface area (Å²) in [6.07, 6.45) is 7.41. The zero-order valence-electron chi connectivity index (χ0n) is 18.0. The van der Waals surface area contributed by atoms with Crippen LogP contribution in [0.15, 0.2) is 49.1 Å². The molecule has 166 valence electrons. The molecular weight excluding hydrogens is 410 g/mol. The van der Waals surface area contributed by atoms with Crippen molar-refractivity contribution in [1.29, 1.82) is 0 Å². The molecule has 0 amide bonds. The molecule has 1 atom stereocenters. The molecule has 4 heterocycles. The molecular formula is C22H25N7O3. The number of aliphatic hydroxyl groups is 1. The molecule has 1 aromatic carbocycles. The highest BCUT2D eigenvalue weighted by atomic mass is 16.5. The monoisotopic (exact) mass is 435 g/mol. The minimum absolute atomic E-state index is 0.0682. The van der Waals surface area contributed by atoms with Gasteiger partial charge in [-0.05, 0) is 25.0 Å². The first kappa shape index (κ1) is 20.1. The van der Waals surface area contributed by atoms with Gasteiger partial charge < -0.3 is 29.4 Å². The maximum absolute atomic E-state index is 9.77. The largest absolute Gasteiger partial charge is 0.497 e. The quantitative estimate of drug-likeness (QED) is 0.457. The Morgan fingerprint density at radius 3 is 2.75 bits per heavy atom. The van der Waals surface area contributed by atoms with Crippen LogP contribution in [0.25, 0.3) is 11.2 Å². The Hall–Kier alpha value is -3.79. The Bertz CT molecular complexity index is 1210. The highest BCUT2D eigenvalue weighted by molar-refractivity contribution is 5.71. The first-order valence-electron chi connectivity index (χ1n) is 10.5.